The summed E-state index contributed by atoms with van der Waals surface area (Å²) in [5.41, 5.74) is -6.75. The third kappa shape index (κ3) is 3.62. The van der Waals surface area contributed by atoms with Crippen LogP contribution >= 0.6 is 12.2 Å². The second kappa shape index (κ2) is 9.52. The van der Waals surface area contributed by atoms with Gasteiger partial charge < -0.3 is 32.8 Å². The fraction of sp³-hybridized carbons (Fsp3) is 0.639. The van der Waals surface area contributed by atoms with Crippen LogP contribution in [0.2, 0.25) is 0 Å². The number of methoxy groups -OCH3 is 1. The Labute approximate surface area is 283 Å². The number of aryl methyl sites for hydroxylation is 1. The lowest BCUT2D eigenvalue weighted by Crippen LogP contribution is -2.57. The molecule has 12 heteroatoms. The monoisotopic (exact) mass is 682 g/mol. The van der Waals surface area contributed by atoms with Crippen LogP contribution in [0.3, 0.4) is 0 Å². The fourth-order valence-corrected chi connectivity index (χ4v) is 9.27. The molecule has 5 aliphatic rings. The fourth-order valence-electron chi connectivity index (χ4n) is 9.01. The van der Waals surface area contributed by atoms with Crippen molar-refractivity contribution in [3.8, 4) is 11.5 Å². The maximum atomic E-state index is 14.6. The van der Waals surface area contributed by atoms with Crippen LogP contribution in [0.25, 0.3) is 11.0 Å². The van der Waals surface area contributed by atoms with Gasteiger partial charge in [-0.05, 0) is 84.1 Å². The SMILES string of the molecule is COc1cc2c(c3oc(=S)cc(C)c13)[C@@H](OC(=O)C13CCC(C)(C(=O)O1)C3(C)C)[C@@H](OC(=O)C13CCC(C)(C(=O)O1)C3(C)C)C(C)(C)O2. The molecule has 4 bridgehead atoms. The van der Waals surface area contributed by atoms with Gasteiger partial charge in [0.1, 0.15) is 17.1 Å². The van der Waals surface area contributed by atoms with E-state index >= 15 is 0 Å². The minimum atomic E-state index is -1.58. The van der Waals surface area contributed by atoms with Crippen LogP contribution in [-0.2, 0) is 38.1 Å². The van der Waals surface area contributed by atoms with Crippen molar-refractivity contribution in [2.45, 2.75) is 117 Å². The predicted octanol–water partition coefficient (Wildman–Crippen LogP) is 6.39. The number of carbonyl (C=O) groups excluding carboxylic acids is 4. The summed E-state index contributed by atoms with van der Waals surface area (Å²) in [6.07, 6.45) is -1.17. The number of rotatable bonds is 5. The van der Waals surface area contributed by atoms with Gasteiger partial charge in [0.25, 0.3) is 0 Å². The summed E-state index contributed by atoms with van der Waals surface area (Å²) in [6, 6.07) is 3.36. The molecule has 0 N–H and O–H groups in total. The van der Waals surface area contributed by atoms with E-state index in [0.29, 0.717) is 24.0 Å². The number of ether oxygens (including phenoxy) is 6. The Morgan fingerprint density at radius 1 is 0.792 bits per heavy atom. The third-order valence-electron chi connectivity index (χ3n) is 13.3. The predicted molar refractivity (Wildman–Crippen MR) is 172 cm³/mol. The Balaban J connectivity index is 1.40. The first-order valence-corrected chi connectivity index (χ1v) is 16.8. The van der Waals surface area contributed by atoms with Crippen molar-refractivity contribution in [1.29, 1.82) is 0 Å². The molecular formula is C36H42O11S. The first-order chi connectivity index (χ1) is 22.1. The topological polar surface area (TPSA) is 137 Å². The maximum absolute atomic E-state index is 14.6. The molecule has 2 saturated carbocycles. The van der Waals surface area contributed by atoms with E-state index < -0.39 is 74.5 Å². The van der Waals surface area contributed by atoms with E-state index in [1.807, 2.05) is 34.6 Å². The van der Waals surface area contributed by atoms with Crippen LogP contribution < -0.4 is 9.47 Å². The largest absolute Gasteiger partial charge is 0.496 e. The van der Waals surface area contributed by atoms with Crippen LogP contribution in [-0.4, -0.2) is 53.9 Å². The van der Waals surface area contributed by atoms with Crippen molar-refractivity contribution in [2.24, 2.45) is 21.7 Å². The molecule has 11 nitrogen and oxygen atoms in total. The molecule has 7 rings (SSSR count). The first-order valence-electron chi connectivity index (χ1n) is 16.4. The number of esters is 4. The Morgan fingerprint density at radius 2 is 1.31 bits per heavy atom. The number of benzene rings is 1. The minimum absolute atomic E-state index is 0.165. The van der Waals surface area contributed by atoms with E-state index in [9.17, 15) is 19.2 Å². The van der Waals surface area contributed by atoms with Gasteiger partial charge >= 0.3 is 23.9 Å². The summed E-state index contributed by atoms with van der Waals surface area (Å²) in [6.45, 7) is 16.2. The summed E-state index contributed by atoms with van der Waals surface area (Å²) in [4.78, 5) is 55.2. The van der Waals surface area contributed by atoms with Crippen LogP contribution in [0.15, 0.2) is 16.5 Å². The van der Waals surface area contributed by atoms with E-state index in [1.54, 1.807) is 39.8 Å². The Kier molecular flexibility index (Phi) is 6.51. The highest BCUT2D eigenvalue weighted by molar-refractivity contribution is 7.71. The zero-order chi connectivity index (χ0) is 35.2. The summed E-state index contributed by atoms with van der Waals surface area (Å²) in [5, 5.41) is 0.564. The lowest BCUT2D eigenvalue weighted by Gasteiger charge is -2.46. The number of hydrogen-bond acceptors (Lipinski definition) is 12. The van der Waals surface area contributed by atoms with Gasteiger partial charge in [0.05, 0.1) is 28.9 Å². The number of carbonyl (C=O) groups is 4. The van der Waals surface area contributed by atoms with Crippen molar-refractivity contribution in [2.75, 3.05) is 7.11 Å². The Morgan fingerprint density at radius 3 is 1.77 bits per heavy atom. The smallest absolute Gasteiger partial charge is 0.351 e. The molecule has 3 aliphatic heterocycles. The van der Waals surface area contributed by atoms with Gasteiger partial charge in [0, 0.05) is 16.9 Å². The summed E-state index contributed by atoms with van der Waals surface area (Å²) in [5.74, 6) is -1.74. The van der Waals surface area contributed by atoms with E-state index in [4.69, 9.17) is 45.1 Å². The van der Waals surface area contributed by atoms with Gasteiger partial charge in [0.15, 0.2) is 22.5 Å². The zero-order valence-electron chi connectivity index (χ0n) is 29.0. The van der Waals surface area contributed by atoms with Crippen molar-refractivity contribution in [1.82, 2.24) is 0 Å². The molecule has 2 aliphatic carbocycles. The summed E-state index contributed by atoms with van der Waals surface area (Å²) in [7, 11) is 1.52. The summed E-state index contributed by atoms with van der Waals surface area (Å²) >= 11 is 5.47. The third-order valence-corrected chi connectivity index (χ3v) is 13.5. The van der Waals surface area contributed by atoms with E-state index in [0.717, 1.165) is 5.56 Å². The molecule has 258 valence electrons. The van der Waals surface area contributed by atoms with E-state index in [2.05, 4.69) is 0 Å². The average Bonchev–Trinajstić information content (AvgIpc) is 3.45. The molecule has 1 aromatic heterocycles. The highest BCUT2D eigenvalue weighted by Crippen LogP contribution is 2.68. The normalized spacial score (nSPS) is 36.2. The van der Waals surface area contributed by atoms with Crippen molar-refractivity contribution in [3.63, 3.8) is 0 Å². The van der Waals surface area contributed by atoms with Gasteiger partial charge in [0.2, 0.25) is 11.2 Å². The molecule has 6 atom stereocenters. The zero-order valence-corrected chi connectivity index (χ0v) is 29.9. The molecule has 1 aromatic carbocycles. The molecule has 4 heterocycles. The van der Waals surface area contributed by atoms with Gasteiger partial charge in [-0.25, -0.2) is 9.59 Å². The lowest BCUT2D eigenvalue weighted by molar-refractivity contribution is -0.217. The van der Waals surface area contributed by atoms with Gasteiger partial charge in [-0.1, -0.05) is 27.7 Å². The van der Waals surface area contributed by atoms with Crippen molar-refractivity contribution >= 4 is 47.1 Å². The van der Waals surface area contributed by atoms with Crippen LogP contribution in [0, 0.1) is 33.3 Å². The number of hydrogen-bond donors (Lipinski definition) is 0. The molecule has 48 heavy (non-hydrogen) atoms. The lowest BCUT2D eigenvalue weighted by atomic mass is 9.66. The highest BCUT2D eigenvalue weighted by atomic mass is 32.1. The van der Waals surface area contributed by atoms with Crippen LogP contribution in [0.4, 0.5) is 0 Å². The number of fused-ring (bicyclic) bond motifs is 7. The Bertz CT molecular complexity index is 1910. The molecule has 4 fully saturated rings. The quantitative estimate of drug-likeness (QED) is 0.196. The average molecular weight is 683 g/mol. The standard InChI is InChI=1S/C36H42O11S/c1-17-15-20(48)42-23-21(17)18(41-10)16-19-22(23)24(43-28(39)35-13-11-33(8,26(37)46-35)31(35,4)5)25(30(2,3)45-19)44-29(40)36-14-12-34(9,27(38)47-36)32(36,6)7/h15-16,24-25H,11-14H2,1-10H3/t24-,25-,33?,34?,35?,36?/m1/s1. The van der Waals surface area contributed by atoms with Gasteiger partial charge in [-0.2, -0.15) is 0 Å². The van der Waals surface area contributed by atoms with Crippen LogP contribution in [0.1, 0.15) is 98.3 Å². The molecule has 0 amide bonds. The molecule has 0 spiro atoms. The second-order valence-corrected chi connectivity index (χ2v) is 16.6. The van der Waals surface area contributed by atoms with Crippen molar-refractivity contribution < 1.29 is 52.0 Å². The second-order valence-electron chi connectivity index (χ2n) is 16.1. The van der Waals surface area contributed by atoms with Gasteiger partial charge in [-0.15, -0.1) is 0 Å². The molecule has 2 aromatic rings. The van der Waals surface area contributed by atoms with Crippen molar-refractivity contribution in [3.05, 3.63) is 28.0 Å². The highest BCUT2D eigenvalue weighted by Gasteiger charge is 2.78. The molecule has 0 radical (unpaired) electrons. The Hall–Kier alpha value is -3.67. The summed E-state index contributed by atoms with van der Waals surface area (Å²) < 4.78 is 43.2. The van der Waals surface area contributed by atoms with E-state index in [1.165, 1.54) is 7.11 Å². The maximum Gasteiger partial charge on any atom is 0.351 e. The molecule has 4 unspecified atom stereocenters. The van der Waals surface area contributed by atoms with Crippen LogP contribution in [0.5, 0.6) is 11.5 Å². The van der Waals surface area contributed by atoms with E-state index in [-0.39, 0.29) is 34.4 Å². The molecule has 2 saturated heterocycles. The minimum Gasteiger partial charge on any atom is -0.496 e. The molecular weight excluding hydrogens is 640 g/mol. The van der Waals surface area contributed by atoms with Gasteiger partial charge in [-0.3, -0.25) is 9.59 Å². The first kappa shape index (κ1) is 32.9.